The van der Waals surface area contributed by atoms with Crippen molar-refractivity contribution in [2.45, 2.75) is 39.2 Å². The van der Waals surface area contributed by atoms with Crippen LogP contribution in [0.1, 0.15) is 37.6 Å². The lowest BCUT2D eigenvalue weighted by Gasteiger charge is -2.11. The third-order valence-corrected chi connectivity index (χ3v) is 3.38. The van der Waals surface area contributed by atoms with E-state index < -0.39 is 0 Å². The van der Waals surface area contributed by atoms with Gasteiger partial charge in [0, 0.05) is 24.9 Å². The lowest BCUT2D eigenvalue weighted by molar-refractivity contribution is -0.119. The predicted molar refractivity (Wildman–Crippen MR) is 76.1 cm³/mol. The lowest BCUT2D eigenvalue weighted by atomic mass is 9.95. The van der Waals surface area contributed by atoms with E-state index in [2.05, 4.69) is 16.5 Å². The van der Waals surface area contributed by atoms with Gasteiger partial charge < -0.3 is 4.57 Å². The van der Waals surface area contributed by atoms with Crippen molar-refractivity contribution in [2.24, 2.45) is 0 Å². The maximum absolute atomic E-state index is 12.3. The third kappa shape index (κ3) is 3.31. The molecule has 1 heterocycles. The van der Waals surface area contributed by atoms with Crippen LogP contribution in [0.15, 0.2) is 42.7 Å². The number of carbonyl (C=O) groups excluding carboxylic acids is 1. The zero-order chi connectivity index (χ0) is 13.7. The summed E-state index contributed by atoms with van der Waals surface area (Å²) in [5, 5.41) is 0. The minimum atomic E-state index is -0.0759. The molecule has 3 heteroatoms. The van der Waals surface area contributed by atoms with Crippen LogP contribution in [0.5, 0.6) is 0 Å². The van der Waals surface area contributed by atoms with Crippen molar-refractivity contribution in [3.8, 4) is 0 Å². The molecule has 0 saturated carbocycles. The third-order valence-electron chi connectivity index (χ3n) is 3.38. The topological polar surface area (TPSA) is 34.9 Å². The van der Waals surface area contributed by atoms with E-state index in [0.29, 0.717) is 6.42 Å². The number of imidazole rings is 1. The zero-order valence-corrected chi connectivity index (χ0v) is 11.5. The highest BCUT2D eigenvalue weighted by atomic mass is 16.1. The van der Waals surface area contributed by atoms with E-state index in [4.69, 9.17) is 0 Å². The number of aromatic nitrogens is 2. The maximum atomic E-state index is 12.3. The first-order chi connectivity index (χ1) is 9.22. The lowest BCUT2D eigenvalue weighted by Crippen LogP contribution is -2.15. The summed E-state index contributed by atoms with van der Waals surface area (Å²) in [5.41, 5.74) is 1.07. The van der Waals surface area contributed by atoms with Gasteiger partial charge in [-0.25, -0.2) is 4.98 Å². The van der Waals surface area contributed by atoms with Crippen molar-refractivity contribution in [1.29, 1.82) is 0 Å². The minimum Gasteiger partial charge on any atom is -0.335 e. The Morgan fingerprint density at radius 1 is 1.32 bits per heavy atom. The van der Waals surface area contributed by atoms with E-state index in [-0.39, 0.29) is 11.7 Å². The normalized spacial score (nSPS) is 12.3. The van der Waals surface area contributed by atoms with Gasteiger partial charge in [0.1, 0.15) is 11.6 Å². The van der Waals surface area contributed by atoms with Crippen LogP contribution in [-0.4, -0.2) is 15.3 Å². The van der Waals surface area contributed by atoms with Crippen LogP contribution in [0.3, 0.4) is 0 Å². The standard InChI is InChI=1S/C16H20N2O/c1-3-10-18-11-9-17-16(18)12-15(19)13(2)14-7-5-4-6-8-14/h4-9,11,13H,3,10,12H2,1-2H3. The Hall–Kier alpha value is -1.90. The Morgan fingerprint density at radius 2 is 2.05 bits per heavy atom. The van der Waals surface area contributed by atoms with Gasteiger partial charge in [0.2, 0.25) is 0 Å². The number of carbonyl (C=O) groups is 1. The van der Waals surface area contributed by atoms with Gasteiger partial charge in [-0.3, -0.25) is 4.79 Å². The largest absolute Gasteiger partial charge is 0.335 e. The van der Waals surface area contributed by atoms with E-state index in [1.807, 2.05) is 43.5 Å². The van der Waals surface area contributed by atoms with Crippen LogP contribution in [0.2, 0.25) is 0 Å². The molecule has 0 aliphatic heterocycles. The number of hydrogen-bond acceptors (Lipinski definition) is 2. The van der Waals surface area contributed by atoms with Crippen LogP contribution >= 0.6 is 0 Å². The zero-order valence-electron chi connectivity index (χ0n) is 11.5. The quantitative estimate of drug-likeness (QED) is 0.795. The molecule has 100 valence electrons. The molecular weight excluding hydrogens is 236 g/mol. The summed E-state index contributed by atoms with van der Waals surface area (Å²) in [7, 11) is 0. The minimum absolute atomic E-state index is 0.0759. The van der Waals surface area contributed by atoms with Gasteiger partial charge in [-0.1, -0.05) is 44.2 Å². The van der Waals surface area contributed by atoms with Crippen molar-refractivity contribution < 1.29 is 4.79 Å². The predicted octanol–water partition coefficient (Wildman–Crippen LogP) is 3.21. The van der Waals surface area contributed by atoms with Gasteiger partial charge in [-0.2, -0.15) is 0 Å². The molecule has 0 fully saturated rings. The number of aryl methyl sites for hydroxylation is 1. The molecule has 1 aromatic carbocycles. The Kier molecular flexibility index (Phi) is 4.50. The van der Waals surface area contributed by atoms with Crippen LogP contribution < -0.4 is 0 Å². The van der Waals surface area contributed by atoms with Crippen molar-refractivity contribution in [1.82, 2.24) is 9.55 Å². The molecule has 0 bridgehead atoms. The Labute approximate surface area is 114 Å². The van der Waals surface area contributed by atoms with E-state index >= 15 is 0 Å². The van der Waals surface area contributed by atoms with Crippen molar-refractivity contribution in [2.75, 3.05) is 0 Å². The van der Waals surface area contributed by atoms with Gasteiger partial charge in [0.15, 0.2) is 0 Å². The summed E-state index contributed by atoms with van der Waals surface area (Å²) < 4.78 is 2.07. The number of ketones is 1. The molecule has 2 aromatic rings. The van der Waals surface area contributed by atoms with E-state index in [0.717, 1.165) is 24.4 Å². The molecule has 2 rings (SSSR count). The molecule has 0 radical (unpaired) electrons. The fourth-order valence-corrected chi connectivity index (χ4v) is 2.19. The molecule has 0 N–H and O–H groups in total. The average Bonchev–Trinajstić information content (AvgIpc) is 2.86. The highest BCUT2D eigenvalue weighted by Gasteiger charge is 2.17. The molecule has 3 nitrogen and oxygen atoms in total. The van der Waals surface area contributed by atoms with Crippen LogP contribution in [0.4, 0.5) is 0 Å². The Balaban J connectivity index is 2.06. The summed E-state index contributed by atoms with van der Waals surface area (Å²) in [4.78, 5) is 16.6. The second-order valence-corrected chi connectivity index (χ2v) is 4.81. The number of rotatable bonds is 6. The molecule has 19 heavy (non-hydrogen) atoms. The number of Topliss-reactive ketones (excluding diaryl/α,β-unsaturated/α-hetero) is 1. The van der Waals surface area contributed by atoms with Gasteiger partial charge in [0.25, 0.3) is 0 Å². The smallest absolute Gasteiger partial charge is 0.147 e. The average molecular weight is 256 g/mol. The number of nitrogens with zero attached hydrogens (tertiary/aromatic N) is 2. The second kappa shape index (κ2) is 6.32. The first kappa shape index (κ1) is 13.5. The van der Waals surface area contributed by atoms with Crippen molar-refractivity contribution in [3.63, 3.8) is 0 Å². The van der Waals surface area contributed by atoms with E-state index in [9.17, 15) is 4.79 Å². The highest BCUT2D eigenvalue weighted by Crippen LogP contribution is 2.17. The number of hydrogen-bond donors (Lipinski definition) is 0. The van der Waals surface area contributed by atoms with E-state index in [1.165, 1.54) is 0 Å². The number of benzene rings is 1. The molecule has 1 aromatic heterocycles. The molecular formula is C16H20N2O. The van der Waals surface area contributed by atoms with Crippen LogP contribution in [0.25, 0.3) is 0 Å². The maximum Gasteiger partial charge on any atom is 0.147 e. The van der Waals surface area contributed by atoms with Gasteiger partial charge in [-0.15, -0.1) is 0 Å². The molecule has 1 unspecified atom stereocenters. The van der Waals surface area contributed by atoms with Gasteiger partial charge >= 0.3 is 0 Å². The summed E-state index contributed by atoms with van der Waals surface area (Å²) in [6.07, 6.45) is 5.17. The molecule has 0 aliphatic rings. The summed E-state index contributed by atoms with van der Waals surface area (Å²) in [6.45, 7) is 5.01. The van der Waals surface area contributed by atoms with Gasteiger partial charge in [-0.05, 0) is 12.0 Å². The molecule has 1 atom stereocenters. The SMILES string of the molecule is CCCn1ccnc1CC(=O)C(C)c1ccccc1. The molecule has 0 saturated heterocycles. The van der Waals surface area contributed by atoms with Gasteiger partial charge in [0.05, 0.1) is 6.42 Å². The summed E-state index contributed by atoms with van der Waals surface area (Å²) in [6, 6.07) is 9.91. The molecule has 0 aliphatic carbocycles. The first-order valence-electron chi connectivity index (χ1n) is 6.80. The summed E-state index contributed by atoms with van der Waals surface area (Å²) >= 11 is 0. The van der Waals surface area contributed by atoms with Crippen molar-refractivity contribution >= 4 is 5.78 Å². The fraction of sp³-hybridized carbons (Fsp3) is 0.375. The first-order valence-corrected chi connectivity index (χ1v) is 6.80. The summed E-state index contributed by atoms with van der Waals surface area (Å²) in [5.74, 6) is 1.01. The fourth-order valence-electron chi connectivity index (χ4n) is 2.19. The van der Waals surface area contributed by atoms with E-state index in [1.54, 1.807) is 6.20 Å². The monoisotopic (exact) mass is 256 g/mol. The van der Waals surface area contributed by atoms with Crippen LogP contribution in [0, 0.1) is 0 Å². The molecule has 0 spiro atoms. The Morgan fingerprint density at radius 3 is 2.74 bits per heavy atom. The second-order valence-electron chi connectivity index (χ2n) is 4.81. The van der Waals surface area contributed by atoms with Crippen LogP contribution in [-0.2, 0) is 17.8 Å². The van der Waals surface area contributed by atoms with Crippen molar-refractivity contribution in [3.05, 3.63) is 54.1 Å². The molecule has 0 amide bonds. The highest BCUT2D eigenvalue weighted by molar-refractivity contribution is 5.86. The Bertz CT molecular complexity index is 531.